The van der Waals surface area contributed by atoms with Gasteiger partial charge in [0, 0.05) is 40.7 Å². The van der Waals surface area contributed by atoms with E-state index in [1.807, 2.05) is 24.3 Å². The zero-order chi connectivity index (χ0) is 26.2. The molecule has 6 aromatic heterocycles. The Bertz CT molecular complexity index is 1780. The van der Waals surface area contributed by atoms with Gasteiger partial charge >= 0.3 is 0 Å². The highest BCUT2D eigenvalue weighted by Crippen LogP contribution is 2.34. The van der Waals surface area contributed by atoms with Crippen LogP contribution < -0.4 is 10.6 Å². The smallest absolute Gasteiger partial charge is 0.224 e. The molecule has 7 heterocycles. The molecule has 0 radical (unpaired) electrons. The van der Waals surface area contributed by atoms with Crippen molar-refractivity contribution in [2.24, 2.45) is 5.92 Å². The van der Waals surface area contributed by atoms with Gasteiger partial charge in [0.1, 0.15) is 11.3 Å². The highest BCUT2D eigenvalue weighted by molar-refractivity contribution is 6.00. The lowest BCUT2D eigenvalue weighted by atomic mass is 9.94. The van der Waals surface area contributed by atoms with E-state index in [9.17, 15) is 4.79 Å². The van der Waals surface area contributed by atoms with Gasteiger partial charge in [-0.05, 0) is 67.7 Å². The summed E-state index contributed by atoms with van der Waals surface area (Å²) in [7, 11) is 0. The second-order valence-electron chi connectivity index (χ2n) is 9.91. The number of pyridine rings is 3. The molecule has 1 aliphatic rings. The maximum absolute atomic E-state index is 12.6. The summed E-state index contributed by atoms with van der Waals surface area (Å²) in [4.78, 5) is 29.6. The van der Waals surface area contributed by atoms with Crippen molar-refractivity contribution >= 4 is 33.5 Å². The van der Waals surface area contributed by atoms with Crippen LogP contribution in [0.15, 0.2) is 72.1 Å². The topological polar surface area (TPSA) is 137 Å². The number of aromatic amines is 2. The molecular weight excluding hydrogens is 492 g/mol. The number of aromatic nitrogens is 6. The number of anilines is 1. The van der Waals surface area contributed by atoms with Crippen molar-refractivity contribution in [1.29, 1.82) is 0 Å². The Morgan fingerprint density at radius 3 is 2.82 bits per heavy atom. The van der Waals surface area contributed by atoms with Crippen molar-refractivity contribution in [3.63, 3.8) is 0 Å². The Labute approximate surface area is 223 Å². The van der Waals surface area contributed by atoms with Crippen molar-refractivity contribution in [3.05, 3.63) is 67.6 Å². The maximum atomic E-state index is 12.6. The van der Waals surface area contributed by atoms with Crippen LogP contribution in [0.2, 0.25) is 0 Å². The average Bonchev–Trinajstić information content (AvgIpc) is 3.73. The van der Waals surface area contributed by atoms with Crippen LogP contribution in [0.1, 0.15) is 19.3 Å². The Morgan fingerprint density at radius 1 is 1.03 bits per heavy atom. The van der Waals surface area contributed by atoms with E-state index in [0.717, 1.165) is 81.6 Å². The van der Waals surface area contributed by atoms with Gasteiger partial charge in [0.25, 0.3) is 0 Å². The normalized spacial score (nSPS) is 14.3. The minimum Gasteiger partial charge on any atom is -0.472 e. The van der Waals surface area contributed by atoms with E-state index in [4.69, 9.17) is 4.42 Å². The van der Waals surface area contributed by atoms with Crippen molar-refractivity contribution in [2.45, 2.75) is 19.3 Å². The van der Waals surface area contributed by atoms with E-state index < -0.39 is 0 Å². The van der Waals surface area contributed by atoms with Crippen LogP contribution in [0, 0.1) is 5.92 Å². The number of hydrogen-bond donors (Lipinski definition) is 4. The van der Waals surface area contributed by atoms with Gasteiger partial charge in [-0.25, -0.2) is 4.98 Å². The fourth-order valence-corrected chi connectivity index (χ4v) is 5.31. The molecule has 6 aromatic rings. The number of furan rings is 1. The monoisotopic (exact) mass is 518 g/mol. The van der Waals surface area contributed by atoms with Crippen LogP contribution >= 0.6 is 0 Å². The first kappa shape index (κ1) is 23.3. The summed E-state index contributed by atoms with van der Waals surface area (Å²) in [6.07, 6.45) is 12.9. The molecule has 1 saturated heterocycles. The first-order valence-corrected chi connectivity index (χ1v) is 13.0. The Balaban J connectivity index is 1.19. The van der Waals surface area contributed by atoms with Gasteiger partial charge in [-0.15, -0.1) is 0 Å². The second kappa shape index (κ2) is 9.80. The molecule has 0 unspecified atom stereocenters. The van der Waals surface area contributed by atoms with Gasteiger partial charge in [0.2, 0.25) is 5.91 Å². The molecule has 1 aliphatic heterocycles. The molecule has 10 heteroatoms. The fraction of sp³-hybridized carbons (Fsp3) is 0.207. The quantitative estimate of drug-likeness (QED) is 0.239. The van der Waals surface area contributed by atoms with E-state index in [1.54, 1.807) is 37.3 Å². The predicted molar refractivity (Wildman–Crippen MR) is 149 cm³/mol. The first-order valence-electron chi connectivity index (χ1n) is 13.0. The van der Waals surface area contributed by atoms with Gasteiger partial charge in [0.15, 0.2) is 0 Å². The summed E-state index contributed by atoms with van der Waals surface area (Å²) in [5, 5.41) is 15.9. The van der Waals surface area contributed by atoms with Crippen molar-refractivity contribution in [3.8, 4) is 33.8 Å². The SMILES string of the molecule is O=C(CC1CCNCC1)Nc1cncc(-c2cc3c(-c4cc5c(-c6ccoc6)ccnc5[nH]4)n[nH]c3cn2)c1. The summed E-state index contributed by atoms with van der Waals surface area (Å²) in [6.45, 7) is 1.94. The third kappa shape index (κ3) is 4.55. The highest BCUT2D eigenvalue weighted by Gasteiger charge is 2.18. The number of nitrogens with zero attached hydrogens (tertiary/aromatic N) is 4. The Kier molecular flexibility index (Phi) is 5.86. The third-order valence-corrected chi connectivity index (χ3v) is 7.32. The van der Waals surface area contributed by atoms with E-state index in [2.05, 4.69) is 46.8 Å². The molecule has 1 amide bonds. The number of amides is 1. The summed E-state index contributed by atoms with van der Waals surface area (Å²) >= 11 is 0. The van der Waals surface area contributed by atoms with E-state index in [0.29, 0.717) is 18.0 Å². The lowest BCUT2D eigenvalue weighted by Crippen LogP contribution is -2.30. The first-order chi connectivity index (χ1) is 19.2. The molecule has 194 valence electrons. The Hall–Kier alpha value is -4.83. The van der Waals surface area contributed by atoms with Crippen molar-refractivity contribution in [1.82, 2.24) is 35.5 Å². The Morgan fingerprint density at radius 2 is 1.95 bits per heavy atom. The van der Waals surface area contributed by atoms with Crippen LogP contribution in [0.4, 0.5) is 5.69 Å². The number of carbonyl (C=O) groups excluding carboxylic acids is 1. The van der Waals surface area contributed by atoms with E-state index in [-0.39, 0.29) is 5.91 Å². The number of piperidine rings is 1. The van der Waals surface area contributed by atoms with Crippen molar-refractivity contribution < 1.29 is 9.21 Å². The second-order valence-corrected chi connectivity index (χ2v) is 9.91. The van der Waals surface area contributed by atoms with Gasteiger partial charge in [0.05, 0.1) is 47.5 Å². The molecule has 4 N–H and O–H groups in total. The summed E-state index contributed by atoms with van der Waals surface area (Å²) in [5.41, 5.74) is 7.42. The largest absolute Gasteiger partial charge is 0.472 e. The van der Waals surface area contributed by atoms with Crippen LogP contribution in [-0.4, -0.2) is 49.1 Å². The molecular formula is C29H26N8O2. The van der Waals surface area contributed by atoms with Gasteiger partial charge in [-0.3, -0.25) is 19.9 Å². The van der Waals surface area contributed by atoms with Crippen LogP contribution in [0.3, 0.4) is 0 Å². The molecule has 0 aromatic carbocycles. The van der Waals surface area contributed by atoms with Gasteiger partial charge < -0.3 is 20.0 Å². The number of H-pyrrole nitrogens is 2. The van der Waals surface area contributed by atoms with Crippen LogP contribution in [-0.2, 0) is 4.79 Å². The molecule has 39 heavy (non-hydrogen) atoms. The number of nitrogens with one attached hydrogen (secondary N) is 4. The summed E-state index contributed by atoms with van der Waals surface area (Å²) in [5.74, 6) is 0.435. The number of rotatable bonds is 6. The number of fused-ring (bicyclic) bond motifs is 2. The standard InChI is InChI=1S/C29H26N8O2/c38-27(9-17-1-5-30-6-2-17)34-20-10-19(13-31-14-20)24-12-23-26(15-33-24)36-37-28(23)25-11-22-21(18-4-8-39-16-18)3-7-32-29(22)35-25/h3-4,7-8,10-17,30H,1-2,5-6,9H2,(H,32,35)(H,34,38)(H,36,37). The number of carbonyl (C=O) groups is 1. The lowest BCUT2D eigenvalue weighted by molar-refractivity contribution is -0.117. The average molecular weight is 519 g/mol. The molecule has 0 atom stereocenters. The minimum absolute atomic E-state index is 0.0172. The third-order valence-electron chi connectivity index (χ3n) is 7.32. The van der Waals surface area contributed by atoms with Crippen LogP contribution in [0.25, 0.3) is 55.7 Å². The maximum Gasteiger partial charge on any atom is 0.224 e. The van der Waals surface area contributed by atoms with E-state index in [1.165, 1.54) is 0 Å². The molecule has 1 fully saturated rings. The highest BCUT2D eigenvalue weighted by atomic mass is 16.3. The zero-order valence-corrected chi connectivity index (χ0v) is 21.1. The zero-order valence-electron chi connectivity index (χ0n) is 21.1. The summed E-state index contributed by atoms with van der Waals surface area (Å²) in [6, 6.07) is 9.86. The van der Waals surface area contributed by atoms with E-state index >= 15 is 0 Å². The van der Waals surface area contributed by atoms with Gasteiger partial charge in [-0.1, -0.05) is 0 Å². The lowest BCUT2D eigenvalue weighted by Gasteiger charge is -2.21. The molecule has 10 nitrogen and oxygen atoms in total. The molecule has 0 spiro atoms. The van der Waals surface area contributed by atoms with Crippen molar-refractivity contribution in [2.75, 3.05) is 18.4 Å². The molecule has 0 aliphatic carbocycles. The van der Waals surface area contributed by atoms with Crippen LogP contribution in [0.5, 0.6) is 0 Å². The van der Waals surface area contributed by atoms with Gasteiger partial charge in [-0.2, -0.15) is 5.10 Å². The fourth-order valence-electron chi connectivity index (χ4n) is 5.31. The predicted octanol–water partition coefficient (Wildman–Crippen LogP) is 5.15. The minimum atomic E-state index is 0.0172. The molecule has 0 bridgehead atoms. The molecule has 0 saturated carbocycles. The molecule has 7 rings (SSSR count). The number of hydrogen-bond acceptors (Lipinski definition) is 7. The summed E-state index contributed by atoms with van der Waals surface area (Å²) < 4.78 is 5.29.